The summed E-state index contributed by atoms with van der Waals surface area (Å²) in [7, 11) is 1.82. The molecule has 0 unspecified atom stereocenters. The Morgan fingerprint density at radius 2 is 2.11 bits per heavy atom. The third-order valence-corrected chi connectivity index (χ3v) is 2.94. The molecular formula is C15H23FN2O. The molecule has 0 saturated heterocycles. The summed E-state index contributed by atoms with van der Waals surface area (Å²) in [5.74, 6) is -0.242. The maximum Gasteiger partial charge on any atom is 0.234 e. The highest BCUT2D eigenvalue weighted by atomic mass is 19.1. The van der Waals surface area contributed by atoms with Crippen LogP contribution in [0.3, 0.4) is 0 Å². The number of hydrogen-bond acceptors (Lipinski definition) is 2. The van der Waals surface area contributed by atoms with Gasteiger partial charge in [-0.3, -0.25) is 9.69 Å². The number of amides is 1. The van der Waals surface area contributed by atoms with Crippen molar-refractivity contribution < 1.29 is 9.18 Å². The Morgan fingerprint density at radius 1 is 1.42 bits per heavy atom. The lowest BCUT2D eigenvalue weighted by atomic mass is 10.2. The van der Waals surface area contributed by atoms with Crippen molar-refractivity contribution in [2.75, 3.05) is 13.6 Å². The average molecular weight is 266 g/mol. The summed E-state index contributed by atoms with van der Waals surface area (Å²) in [4.78, 5) is 13.6. The molecular weight excluding hydrogens is 243 g/mol. The Hall–Kier alpha value is -1.42. The molecule has 1 rings (SSSR count). The summed E-state index contributed by atoms with van der Waals surface area (Å²) >= 11 is 0. The van der Waals surface area contributed by atoms with Gasteiger partial charge in [-0.1, -0.05) is 31.5 Å². The van der Waals surface area contributed by atoms with Gasteiger partial charge in [-0.05, 0) is 26.5 Å². The first-order chi connectivity index (χ1) is 9.02. The van der Waals surface area contributed by atoms with E-state index in [1.54, 1.807) is 18.2 Å². The van der Waals surface area contributed by atoms with Crippen molar-refractivity contribution in [1.29, 1.82) is 0 Å². The molecule has 0 bridgehead atoms. The Kier molecular flexibility index (Phi) is 6.50. The van der Waals surface area contributed by atoms with Crippen LogP contribution in [-0.4, -0.2) is 30.4 Å². The van der Waals surface area contributed by atoms with Gasteiger partial charge in [0.1, 0.15) is 5.82 Å². The molecule has 1 aromatic carbocycles. The first-order valence-corrected chi connectivity index (χ1v) is 6.74. The number of carbonyl (C=O) groups excluding carboxylic acids is 1. The van der Waals surface area contributed by atoms with E-state index in [2.05, 4.69) is 12.2 Å². The molecule has 0 fully saturated rings. The summed E-state index contributed by atoms with van der Waals surface area (Å²) in [5, 5.41) is 2.94. The Morgan fingerprint density at radius 3 is 2.74 bits per heavy atom. The maximum absolute atomic E-state index is 13.5. The van der Waals surface area contributed by atoms with Crippen LogP contribution in [0.1, 0.15) is 32.3 Å². The second kappa shape index (κ2) is 7.89. The average Bonchev–Trinajstić information content (AvgIpc) is 2.31. The molecule has 0 heterocycles. The largest absolute Gasteiger partial charge is 0.353 e. The summed E-state index contributed by atoms with van der Waals surface area (Å²) in [6.45, 7) is 4.80. The zero-order valence-corrected chi connectivity index (χ0v) is 11.9. The number of carbonyl (C=O) groups is 1. The third kappa shape index (κ3) is 5.83. The molecule has 0 aliphatic carbocycles. The van der Waals surface area contributed by atoms with Crippen molar-refractivity contribution in [2.45, 2.75) is 39.3 Å². The number of halogens is 1. The Labute approximate surface area is 114 Å². The normalized spacial score (nSPS) is 12.5. The molecule has 19 heavy (non-hydrogen) atoms. The van der Waals surface area contributed by atoms with E-state index in [0.29, 0.717) is 12.1 Å². The monoisotopic (exact) mass is 266 g/mol. The van der Waals surface area contributed by atoms with Gasteiger partial charge >= 0.3 is 0 Å². The van der Waals surface area contributed by atoms with Crippen molar-refractivity contribution in [1.82, 2.24) is 10.2 Å². The fraction of sp³-hybridized carbons (Fsp3) is 0.533. The predicted octanol–water partition coefficient (Wildman–Crippen LogP) is 2.56. The van der Waals surface area contributed by atoms with E-state index in [9.17, 15) is 9.18 Å². The van der Waals surface area contributed by atoms with E-state index in [0.717, 1.165) is 12.8 Å². The highest BCUT2D eigenvalue weighted by Crippen LogP contribution is 2.08. The first kappa shape index (κ1) is 15.6. The topological polar surface area (TPSA) is 32.3 Å². The van der Waals surface area contributed by atoms with Crippen LogP contribution in [-0.2, 0) is 11.3 Å². The van der Waals surface area contributed by atoms with Crippen LogP contribution in [0.4, 0.5) is 4.39 Å². The molecule has 0 aromatic heterocycles. The summed E-state index contributed by atoms with van der Waals surface area (Å²) < 4.78 is 13.5. The molecule has 0 spiro atoms. The molecule has 0 saturated carbocycles. The standard InChI is InChI=1S/C15H23FN2O/c1-4-7-12(2)17-15(19)11-18(3)10-13-8-5-6-9-14(13)16/h5-6,8-9,12H,4,7,10-11H2,1-3H3,(H,17,19)/t12-/m0/s1. The highest BCUT2D eigenvalue weighted by molar-refractivity contribution is 5.78. The predicted molar refractivity (Wildman–Crippen MR) is 75.2 cm³/mol. The van der Waals surface area contributed by atoms with Crippen LogP contribution in [0.2, 0.25) is 0 Å². The summed E-state index contributed by atoms with van der Waals surface area (Å²) in [6, 6.07) is 6.84. The molecule has 3 nitrogen and oxygen atoms in total. The lowest BCUT2D eigenvalue weighted by molar-refractivity contribution is -0.122. The van der Waals surface area contributed by atoms with Gasteiger partial charge < -0.3 is 5.32 Å². The van der Waals surface area contributed by atoms with Crippen LogP contribution >= 0.6 is 0 Å². The van der Waals surface area contributed by atoms with Crippen molar-refractivity contribution in [3.8, 4) is 0 Å². The zero-order chi connectivity index (χ0) is 14.3. The molecule has 106 valence electrons. The van der Waals surface area contributed by atoms with Crippen LogP contribution in [0.15, 0.2) is 24.3 Å². The Bertz CT molecular complexity index is 409. The van der Waals surface area contributed by atoms with E-state index < -0.39 is 0 Å². The number of likely N-dealkylation sites (N-methyl/N-ethyl adjacent to an activating group) is 1. The fourth-order valence-electron chi connectivity index (χ4n) is 2.04. The van der Waals surface area contributed by atoms with E-state index in [-0.39, 0.29) is 24.3 Å². The van der Waals surface area contributed by atoms with Crippen molar-refractivity contribution in [2.24, 2.45) is 0 Å². The molecule has 1 atom stereocenters. The van der Waals surface area contributed by atoms with Gasteiger partial charge in [-0.15, -0.1) is 0 Å². The smallest absolute Gasteiger partial charge is 0.234 e. The van der Waals surface area contributed by atoms with E-state index in [1.165, 1.54) is 6.07 Å². The molecule has 0 radical (unpaired) electrons. The summed E-state index contributed by atoms with van der Waals surface area (Å²) in [5.41, 5.74) is 0.611. The molecule has 1 amide bonds. The van der Waals surface area contributed by atoms with Crippen molar-refractivity contribution >= 4 is 5.91 Å². The van der Waals surface area contributed by atoms with E-state index >= 15 is 0 Å². The zero-order valence-electron chi connectivity index (χ0n) is 11.9. The Balaban J connectivity index is 2.41. The molecule has 1 aromatic rings. The second-order valence-electron chi connectivity index (χ2n) is 5.02. The number of nitrogens with one attached hydrogen (secondary N) is 1. The lowest BCUT2D eigenvalue weighted by Gasteiger charge is -2.19. The van der Waals surface area contributed by atoms with Crippen LogP contribution in [0, 0.1) is 5.82 Å². The quantitative estimate of drug-likeness (QED) is 0.822. The van der Waals surface area contributed by atoms with Crippen LogP contribution in [0.5, 0.6) is 0 Å². The number of rotatable bonds is 7. The molecule has 4 heteroatoms. The van der Waals surface area contributed by atoms with E-state index in [1.807, 2.05) is 18.9 Å². The van der Waals surface area contributed by atoms with Gasteiger partial charge in [0.2, 0.25) is 5.91 Å². The van der Waals surface area contributed by atoms with Crippen LogP contribution < -0.4 is 5.32 Å². The number of nitrogens with zero attached hydrogens (tertiary/aromatic N) is 1. The SMILES string of the molecule is CCC[C@H](C)NC(=O)CN(C)Cc1ccccc1F. The first-order valence-electron chi connectivity index (χ1n) is 6.74. The van der Waals surface area contributed by atoms with Crippen LogP contribution in [0.25, 0.3) is 0 Å². The minimum Gasteiger partial charge on any atom is -0.353 e. The number of benzene rings is 1. The fourth-order valence-corrected chi connectivity index (χ4v) is 2.04. The van der Waals surface area contributed by atoms with Gasteiger partial charge in [0.05, 0.1) is 6.54 Å². The summed E-state index contributed by atoms with van der Waals surface area (Å²) in [6.07, 6.45) is 2.02. The lowest BCUT2D eigenvalue weighted by Crippen LogP contribution is -2.39. The minimum atomic E-state index is -0.228. The van der Waals surface area contributed by atoms with Crippen molar-refractivity contribution in [3.63, 3.8) is 0 Å². The van der Waals surface area contributed by atoms with Gasteiger partial charge in [0.25, 0.3) is 0 Å². The van der Waals surface area contributed by atoms with E-state index in [4.69, 9.17) is 0 Å². The van der Waals surface area contributed by atoms with Gasteiger partial charge in [-0.2, -0.15) is 0 Å². The number of hydrogen-bond donors (Lipinski definition) is 1. The van der Waals surface area contributed by atoms with Gasteiger partial charge in [0, 0.05) is 18.2 Å². The second-order valence-corrected chi connectivity index (χ2v) is 5.02. The van der Waals surface area contributed by atoms with Gasteiger partial charge in [0.15, 0.2) is 0 Å². The highest BCUT2D eigenvalue weighted by Gasteiger charge is 2.11. The third-order valence-electron chi connectivity index (χ3n) is 2.94. The molecule has 1 N–H and O–H groups in total. The van der Waals surface area contributed by atoms with Gasteiger partial charge in [-0.25, -0.2) is 4.39 Å². The minimum absolute atomic E-state index is 0.0141. The molecule has 0 aliphatic heterocycles. The molecule has 0 aliphatic rings. The maximum atomic E-state index is 13.5. The van der Waals surface area contributed by atoms with Crippen molar-refractivity contribution in [3.05, 3.63) is 35.6 Å².